The zero-order chi connectivity index (χ0) is 20.8. The van der Waals surface area contributed by atoms with Crippen molar-refractivity contribution in [3.8, 4) is 0 Å². The van der Waals surface area contributed by atoms with Crippen LogP contribution in [0.3, 0.4) is 0 Å². The van der Waals surface area contributed by atoms with Gasteiger partial charge in [0.2, 0.25) is 0 Å². The third-order valence-corrected chi connectivity index (χ3v) is 10.1. The van der Waals surface area contributed by atoms with Crippen LogP contribution in [0, 0.1) is 34.5 Å². The summed E-state index contributed by atoms with van der Waals surface area (Å²) in [6, 6.07) is 0. The van der Waals surface area contributed by atoms with Gasteiger partial charge < -0.3 is 18.9 Å². The minimum atomic E-state index is -0.523. The van der Waals surface area contributed by atoms with Crippen LogP contribution in [0.2, 0.25) is 0 Å². The number of carbonyl (C=O) groups excluding carboxylic acids is 1. The van der Waals surface area contributed by atoms with Crippen molar-refractivity contribution in [2.24, 2.45) is 34.5 Å². The average Bonchev–Trinajstić information content (AvgIpc) is 3.41. The molecule has 0 aromatic rings. The van der Waals surface area contributed by atoms with Crippen LogP contribution >= 0.6 is 0 Å². The largest absolute Gasteiger partial charge is 0.348 e. The zero-order valence-corrected chi connectivity index (χ0v) is 18.7. The maximum Gasteiger partial charge on any atom is 0.172 e. The van der Waals surface area contributed by atoms with E-state index in [2.05, 4.69) is 26.8 Å². The van der Waals surface area contributed by atoms with Gasteiger partial charge in [0.1, 0.15) is 5.78 Å². The first-order valence-corrected chi connectivity index (χ1v) is 12.1. The standard InChI is InChI=1S/C25H36O5/c1-22-8-9-25(29-12-13-30-25)14-16(22)4-5-17-18-6-7-20(24(3)27-10-11-28-24)23(18,2)15-19(26)21(17)22/h4,17-18,20-21H,5-15H2,1-3H3/t17?,18?,20?,21?,22-,23?/m0/s1. The maximum absolute atomic E-state index is 13.8. The van der Waals surface area contributed by atoms with Gasteiger partial charge >= 0.3 is 0 Å². The maximum atomic E-state index is 13.8. The first-order valence-electron chi connectivity index (χ1n) is 12.1. The van der Waals surface area contributed by atoms with E-state index in [-0.39, 0.29) is 16.7 Å². The molecule has 5 unspecified atom stereocenters. The van der Waals surface area contributed by atoms with Crippen LogP contribution in [-0.4, -0.2) is 43.8 Å². The molecule has 2 saturated heterocycles. The number of hydrogen-bond donors (Lipinski definition) is 0. The van der Waals surface area contributed by atoms with E-state index in [0.717, 1.165) is 32.1 Å². The molecule has 166 valence electrons. The molecule has 1 spiro atoms. The van der Waals surface area contributed by atoms with Crippen LogP contribution in [0.15, 0.2) is 11.6 Å². The topological polar surface area (TPSA) is 54.0 Å². The van der Waals surface area contributed by atoms with Crippen molar-refractivity contribution in [2.45, 2.75) is 77.3 Å². The molecule has 0 amide bonds. The Morgan fingerprint density at radius 1 is 0.900 bits per heavy atom. The van der Waals surface area contributed by atoms with Crippen molar-refractivity contribution in [3.63, 3.8) is 0 Å². The van der Waals surface area contributed by atoms with E-state index in [1.807, 2.05) is 0 Å². The van der Waals surface area contributed by atoms with E-state index >= 15 is 0 Å². The highest BCUT2D eigenvalue weighted by Gasteiger charge is 2.66. The molecule has 6 aliphatic rings. The molecule has 0 radical (unpaired) electrons. The quantitative estimate of drug-likeness (QED) is 0.598. The lowest BCUT2D eigenvalue weighted by molar-refractivity contribution is -0.215. The Morgan fingerprint density at radius 2 is 1.60 bits per heavy atom. The minimum Gasteiger partial charge on any atom is -0.348 e. The summed E-state index contributed by atoms with van der Waals surface area (Å²) in [5.41, 5.74) is 1.36. The lowest BCUT2D eigenvalue weighted by atomic mass is 9.46. The molecule has 3 saturated carbocycles. The number of fused-ring (bicyclic) bond motifs is 5. The Morgan fingerprint density at radius 3 is 2.33 bits per heavy atom. The van der Waals surface area contributed by atoms with E-state index in [1.54, 1.807) is 0 Å². The van der Waals surface area contributed by atoms with Crippen LogP contribution in [0.5, 0.6) is 0 Å². The summed E-state index contributed by atoms with van der Waals surface area (Å²) in [6.45, 7) is 9.55. The third kappa shape index (κ3) is 2.52. The second-order valence-electron chi connectivity index (χ2n) is 11.4. The van der Waals surface area contributed by atoms with Crippen LogP contribution < -0.4 is 0 Å². The van der Waals surface area contributed by atoms with Crippen molar-refractivity contribution in [1.29, 1.82) is 0 Å². The van der Waals surface area contributed by atoms with Gasteiger partial charge in [-0.1, -0.05) is 25.5 Å². The molecule has 5 nitrogen and oxygen atoms in total. The monoisotopic (exact) mass is 416 g/mol. The SMILES string of the molecule is CC1(C2CCC3C4CC=C5CC6(CC[C@]5(C)C4C(=O)CC32C)OCCO6)OCCO1. The Balaban J connectivity index is 1.33. The normalized spacial score (nSPS) is 48.9. The van der Waals surface area contributed by atoms with Gasteiger partial charge in [0.05, 0.1) is 26.4 Å². The molecular weight excluding hydrogens is 380 g/mol. The molecule has 2 heterocycles. The predicted octanol–water partition coefficient (Wildman–Crippen LogP) is 4.25. The number of allylic oxidation sites excluding steroid dienone is 1. The lowest BCUT2D eigenvalue weighted by Crippen LogP contribution is -2.57. The molecular formula is C25H36O5. The third-order valence-electron chi connectivity index (χ3n) is 10.1. The van der Waals surface area contributed by atoms with E-state index in [1.165, 1.54) is 12.0 Å². The van der Waals surface area contributed by atoms with Gasteiger partial charge in [0.15, 0.2) is 11.6 Å². The van der Waals surface area contributed by atoms with Crippen LogP contribution in [0.25, 0.3) is 0 Å². The van der Waals surface area contributed by atoms with Crippen LogP contribution in [-0.2, 0) is 23.7 Å². The smallest absolute Gasteiger partial charge is 0.172 e. The number of hydrogen-bond acceptors (Lipinski definition) is 5. The summed E-state index contributed by atoms with van der Waals surface area (Å²) in [5.74, 6) is 0.990. The average molecular weight is 417 g/mol. The second kappa shape index (κ2) is 6.40. The van der Waals surface area contributed by atoms with Crippen molar-refractivity contribution >= 4 is 5.78 Å². The molecule has 0 aromatic heterocycles. The van der Waals surface area contributed by atoms with Gasteiger partial charge in [0.25, 0.3) is 0 Å². The molecule has 30 heavy (non-hydrogen) atoms. The van der Waals surface area contributed by atoms with Crippen LogP contribution in [0.4, 0.5) is 0 Å². The summed E-state index contributed by atoms with van der Waals surface area (Å²) < 4.78 is 24.3. The molecule has 0 bridgehead atoms. The molecule has 0 aromatic carbocycles. The molecule has 5 fully saturated rings. The molecule has 6 rings (SSSR count). The van der Waals surface area contributed by atoms with Gasteiger partial charge in [-0.25, -0.2) is 0 Å². The van der Waals surface area contributed by atoms with E-state index in [9.17, 15) is 4.79 Å². The van der Waals surface area contributed by atoms with Crippen molar-refractivity contribution < 1.29 is 23.7 Å². The zero-order valence-electron chi connectivity index (χ0n) is 18.7. The number of rotatable bonds is 1. The second-order valence-corrected chi connectivity index (χ2v) is 11.4. The molecule has 6 atom stereocenters. The molecule has 0 N–H and O–H groups in total. The predicted molar refractivity (Wildman–Crippen MR) is 111 cm³/mol. The van der Waals surface area contributed by atoms with E-state index in [4.69, 9.17) is 18.9 Å². The highest BCUT2D eigenvalue weighted by Crippen LogP contribution is 2.67. The van der Waals surface area contributed by atoms with Gasteiger partial charge in [-0.15, -0.1) is 0 Å². The Labute approximate surface area is 179 Å². The summed E-state index contributed by atoms with van der Waals surface area (Å²) in [5, 5.41) is 0. The first kappa shape index (κ1) is 19.9. The molecule has 4 aliphatic carbocycles. The van der Waals surface area contributed by atoms with Gasteiger partial charge in [-0.2, -0.15) is 0 Å². The highest BCUT2D eigenvalue weighted by molar-refractivity contribution is 5.85. The summed E-state index contributed by atoms with van der Waals surface area (Å²) >= 11 is 0. The Bertz CT molecular complexity index is 776. The lowest BCUT2D eigenvalue weighted by Gasteiger charge is -2.58. The molecule has 5 heteroatoms. The van der Waals surface area contributed by atoms with E-state index < -0.39 is 11.6 Å². The number of Topliss-reactive ketones (excluding diaryl/α,β-unsaturated/α-hetero) is 1. The summed E-state index contributed by atoms with van der Waals surface area (Å²) in [6.07, 6.45) is 9.17. The van der Waals surface area contributed by atoms with Crippen LogP contribution in [0.1, 0.15) is 65.7 Å². The number of ketones is 1. The highest BCUT2D eigenvalue weighted by atomic mass is 16.7. The fraction of sp³-hybridized carbons (Fsp3) is 0.880. The number of carbonyl (C=O) groups is 1. The summed E-state index contributed by atoms with van der Waals surface area (Å²) in [7, 11) is 0. The van der Waals surface area contributed by atoms with Gasteiger partial charge in [-0.05, 0) is 55.3 Å². The molecule has 2 aliphatic heterocycles. The Kier molecular flexibility index (Phi) is 4.25. The van der Waals surface area contributed by atoms with Crippen molar-refractivity contribution in [2.75, 3.05) is 26.4 Å². The Hall–Kier alpha value is -0.750. The van der Waals surface area contributed by atoms with Crippen molar-refractivity contribution in [3.05, 3.63) is 11.6 Å². The number of ether oxygens (including phenoxy) is 4. The van der Waals surface area contributed by atoms with E-state index in [0.29, 0.717) is 56.4 Å². The van der Waals surface area contributed by atoms with Gasteiger partial charge in [-0.3, -0.25) is 4.79 Å². The van der Waals surface area contributed by atoms with Crippen molar-refractivity contribution in [1.82, 2.24) is 0 Å². The summed E-state index contributed by atoms with van der Waals surface area (Å²) in [4.78, 5) is 13.8. The fourth-order valence-corrected chi connectivity index (χ4v) is 8.77. The van der Waals surface area contributed by atoms with Gasteiger partial charge in [0, 0.05) is 31.1 Å². The first-order chi connectivity index (χ1) is 14.3. The minimum absolute atomic E-state index is 0.0212. The fourth-order valence-electron chi connectivity index (χ4n) is 8.77.